The minimum absolute atomic E-state index is 0. The number of hydrogen-bond donors (Lipinski definition) is 1. The van der Waals surface area contributed by atoms with Crippen molar-refractivity contribution >= 4 is 13.5 Å². The topological polar surface area (TPSA) is 21.3 Å². The van der Waals surface area contributed by atoms with Gasteiger partial charge in [0.05, 0.1) is 6.10 Å². The first-order chi connectivity index (χ1) is 3.43. The van der Waals surface area contributed by atoms with Gasteiger partial charge in [-0.1, -0.05) is 0 Å². The van der Waals surface area contributed by atoms with E-state index in [-0.39, 0.29) is 13.5 Å². The van der Waals surface area contributed by atoms with Crippen molar-refractivity contribution in [3.63, 3.8) is 0 Å². The van der Waals surface area contributed by atoms with Crippen LogP contribution in [0.1, 0.15) is 6.42 Å². The molecule has 3 heteroatoms. The van der Waals surface area contributed by atoms with E-state index in [1.165, 1.54) is 6.42 Å². The van der Waals surface area contributed by atoms with Crippen molar-refractivity contribution in [2.45, 2.75) is 12.5 Å². The van der Waals surface area contributed by atoms with E-state index in [1.807, 2.05) is 0 Å². The van der Waals surface area contributed by atoms with Gasteiger partial charge in [-0.25, -0.2) is 0 Å². The molecule has 8 heavy (non-hydrogen) atoms. The Bertz CT molecular complexity index is 54.4. The summed E-state index contributed by atoms with van der Waals surface area (Å²) < 4.78 is 5.05. The molecule has 0 radical (unpaired) electrons. The molecule has 0 saturated carbocycles. The van der Waals surface area contributed by atoms with Crippen molar-refractivity contribution in [3.8, 4) is 0 Å². The molecule has 0 bridgehead atoms. The molecular formula is C5H13NOS. The average Bonchev–Trinajstić information content (AvgIpc) is 2.14. The summed E-state index contributed by atoms with van der Waals surface area (Å²) in [6.45, 7) is 2.16. The number of hydrogen-bond acceptors (Lipinski definition) is 2. The van der Waals surface area contributed by atoms with Crippen LogP contribution in [0.25, 0.3) is 0 Å². The molecule has 0 aromatic heterocycles. The monoisotopic (exact) mass is 135 g/mol. The van der Waals surface area contributed by atoms with Crippen molar-refractivity contribution in [3.05, 3.63) is 0 Å². The number of rotatable bonds is 1. The van der Waals surface area contributed by atoms with E-state index in [9.17, 15) is 0 Å². The molecule has 0 spiro atoms. The summed E-state index contributed by atoms with van der Waals surface area (Å²) in [4.78, 5) is 0. The van der Waals surface area contributed by atoms with E-state index in [1.54, 1.807) is 7.11 Å². The van der Waals surface area contributed by atoms with Gasteiger partial charge in [-0.15, -0.1) is 0 Å². The normalized spacial score (nSPS) is 27.4. The van der Waals surface area contributed by atoms with Crippen LogP contribution in [0.3, 0.4) is 0 Å². The van der Waals surface area contributed by atoms with Gasteiger partial charge in [0.1, 0.15) is 0 Å². The van der Waals surface area contributed by atoms with Gasteiger partial charge in [-0.05, 0) is 13.0 Å². The zero-order valence-electron chi connectivity index (χ0n) is 5.11. The van der Waals surface area contributed by atoms with Crippen molar-refractivity contribution in [2.24, 2.45) is 0 Å². The van der Waals surface area contributed by atoms with Gasteiger partial charge < -0.3 is 10.1 Å². The number of nitrogens with one attached hydrogen (secondary N) is 1. The van der Waals surface area contributed by atoms with E-state index >= 15 is 0 Å². The van der Waals surface area contributed by atoms with Crippen molar-refractivity contribution in [2.75, 3.05) is 20.2 Å². The van der Waals surface area contributed by atoms with Crippen LogP contribution in [0.2, 0.25) is 0 Å². The maximum Gasteiger partial charge on any atom is 0.0707 e. The van der Waals surface area contributed by atoms with Crippen LogP contribution in [0, 0.1) is 0 Å². The molecule has 1 saturated heterocycles. The van der Waals surface area contributed by atoms with Crippen LogP contribution in [-0.4, -0.2) is 26.3 Å². The van der Waals surface area contributed by atoms with Crippen LogP contribution in [0.4, 0.5) is 0 Å². The van der Waals surface area contributed by atoms with E-state index in [0.29, 0.717) is 6.10 Å². The standard InChI is InChI=1S/C5H11NO.H2S/c1-7-5-2-3-6-4-5;/h5-6H,2-4H2,1H3;1H2/t5-;/m0./s1. The lowest BCUT2D eigenvalue weighted by molar-refractivity contribution is 0.119. The van der Waals surface area contributed by atoms with Crippen LogP contribution in [-0.2, 0) is 4.74 Å². The molecule has 0 amide bonds. The lowest BCUT2D eigenvalue weighted by Crippen LogP contribution is -2.14. The predicted molar refractivity (Wildman–Crippen MR) is 38.7 cm³/mol. The fourth-order valence-corrected chi connectivity index (χ4v) is 0.829. The van der Waals surface area contributed by atoms with Gasteiger partial charge in [0.2, 0.25) is 0 Å². The highest BCUT2D eigenvalue weighted by Gasteiger charge is 2.11. The second-order valence-corrected chi connectivity index (χ2v) is 1.85. The summed E-state index contributed by atoms with van der Waals surface area (Å²) in [6.07, 6.45) is 1.66. The SMILES string of the molecule is CO[C@H]1CCNC1.S. The average molecular weight is 135 g/mol. The van der Waals surface area contributed by atoms with Crippen LogP contribution >= 0.6 is 13.5 Å². The maximum atomic E-state index is 5.05. The third-order valence-corrected chi connectivity index (χ3v) is 1.35. The van der Waals surface area contributed by atoms with Crippen LogP contribution in [0.5, 0.6) is 0 Å². The lowest BCUT2D eigenvalue weighted by atomic mass is 10.3. The highest BCUT2D eigenvalue weighted by molar-refractivity contribution is 7.59. The summed E-state index contributed by atoms with van der Waals surface area (Å²) >= 11 is 0. The first-order valence-electron chi connectivity index (χ1n) is 2.67. The molecule has 1 fully saturated rings. The highest BCUT2D eigenvalue weighted by atomic mass is 32.1. The molecule has 50 valence electrons. The van der Waals surface area contributed by atoms with Gasteiger partial charge in [0.25, 0.3) is 0 Å². The van der Waals surface area contributed by atoms with E-state index < -0.39 is 0 Å². The summed E-state index contributed by atoms with van der Waals surface area (Å²) in [7, 11) is 1.76. The second-order valence-electron chi connectivity index (χ2n) is 1.85. The van der Waals surface area contributed by atoms with Gasteiger partial charge >= 0.3 is 0 Å². The summed E-state index contributed by atoms with van der Waals surface area (Å²) in [5.74, 6) is 0. The molecule has 2 nitrogen and oxygen atoms in total. The van der Waals surface area contributed by atoms with Gasteiger partial charge in [0.15, 0.2) is 0 Å². The summed E-state index contributed by atoms with van der Waals surface area (Å²) in [5.41, 5.74) is 0. The third kappa shape index (κ3) is 2.03. The van der Waals surface area contributed by atoms with Crippen molar-refractivity contribution < 1.29 is 4.74 Å². The van der Waals surface area contributed by atoms with Crippen LogP contribution < -0.4 is 5.32 Å². The quantitative estimate of drug-likeness (QED) is 0.551. The van der Waals surface area contributed by atoms with Gasteiger partial charge in [0, 0.05) is 13.7 Å². The zero-order chi connectivity index (χ0) is 5.11. The number of ether oxygens (including phenoxy) is 1. The van der Waals surface area contributed by atoms with E-state index in [0.717, 1.165) is 13.1 Å². The molecule has 1 aliphatic rings. The Morgan fingerprint density at radius 1 is 1.62 bits per heavy atom. The Balaban J connectivity index is 0.000000490. The molecule has 1 atom stereocenters. The molecule has 1 aliphatic heterocycles. The maximum absolute atomic E-state index is 5.05. The van der Waals surface area contributed by atoms with Gasteiger partial charge in [-0.2, -0.15) is 13.5 Å². The largest absolute Gasteiger partial charge is 0.380 e. The number of methoxy groups -OCH3 is 1. The second kappa shape index (κ2) is 4.18. The molecule has 0 aromatic rings. The van der Waals surface area contributed by atoms with Crippen molar-refractivity contribution in [1.29, 1.82) is 0 Å². The van der Waals surface area contributed by atoms with Crippen LogP contribution in [0.15, 0.2) is 0 Å². The fraction of sp³-hybridized carbons (Fsp3) is 1.00. The fourth-order valence-electron chi connectivity index (χ4n) is 0.829. The molecule has 0 aromatic carbocycles. The smallest absolute Gasteiger partial charge is 0.0707 e. The summed E-state index contributed by atoms with van der Waals surface area (Å²) in [5, 5.41) is 3.20. The summed E-state index contributed by atoms with van der Waals surface area (Å²) in [6, 6.07) is 0. The first kappa shape index (κ1) is 8.27. The van der Waals surface area contributed by atoms with Crippen molar-refractivity contribution in [1.82, 2.24) is 5.32 Å². The van der Waals surface area contributed by atoms with E-state index in [2.05, 4.69) is 5.32 Å². The first-order valence-corrected chi connectivity index (χ1v) is 2.67. The predicted octanol–water partition coefficient (Wildman–Crippen LogP) is 0.108. The van der Waals surface area contributed by atoms with E-state index in [4.69, 9.17) is 4.74 Å². The molecule has 1 rings (SSSR count). The Morgan fingerprint density at radius 3 is 2.62 bits per heavy atom. The molecule has 0 aliphatic carbocycles. The lowest BCUT2D eigenvalue weighted by Gasteiger charge is -2.01. The molecule has 1 heterocycles. The Morgan fingerprint density at radius 2 is 2.38 bits per heavy atom. The Labute approximate surface area is 57.0 Å². The molecule has 1 N–H and O–H groups in total. The molecular weight excluding hydrogens is 122 g/mol. The Kier molecular flexibility index (Phi) is 4.32. The minimum Gasteiger partial charge on any atom is -0.380 e. The van der Waals surface area contributed by atoms with Gasteiger partial charge in [-0.3, -0.25) is 0 Å². The minimum atomic E-state index is 0. The Hall–Kier alpha value is 0.270. The molecule has 0 unspecified atom stereocenters. The zero-order valence-corrected chi connectivity index (χ0v) is 6.11. The third-order valence-electron chi connectivity index (χ3n) is 1.35. The highest BCUT2D eigenvalue weighted by Crippen LogP contribution is 1.99.